The molecule has 3 amide bonds. The van der Waals surface area contributed by atoms with Crippen LogP contribution in [-0.4, -0.2) is 103 Å². The molecule has 0 radical (unpaired) electrons. The number of hydrogen-bond acceptors (Lipinski definition) is 12. The van der Waals surface area contributed by atoms with Crippen LogP contribution in [0.15, 0.2) is 24.3 Å². The normalized spacial score (nSPS) is 13.0. The number of unbranched alkanes of at least 4 members (excludes halogenated alkanes) is 1. The second-order valence-electron chi connectivity index (χ2n) is 11.0. The molecule has 0 aliphatic carbocycles. The molecule has 0 heterocycles. The van der Waals surface area contributed by atoms with Crippen LogP contribution in [0.5, 0.6) is 0 Å². The van der Waals surface area contributed by atoms with Crippen molar-refractivity contribution in [3.05, 3.63) is 24.3 Å². The van der Waals surface area contributed by atoms with Crippen LogP contribution in [0.2, 0.25) is 0 Å². The van der Waals surface area contributed by atoms with E-state index >= 15 is 0 Å². The molecule has 0 saturated heterocycles. The lowest BCUT2D eigenvalue weighted by molar-refractivity contribution is -0.409. The van der Waals surface area contributed by atoms with E-state index in [-0.39, 0.29) is 24.0 Å². The second kappa shape index (κ2) is 22.5. The van der Waals surface area contributed by atoms with Crippen LogP contribution in [0.3, 0.4) is 0 Å². The molecule has 0 bridgehead atoms. The van der Waals surface area contributed by atoms with Gasteiger partial charge in [-0.1, -0.05) is 13.2 Å². The largest absolute Gasteiger partial charge is 0.548 e. The summed E-state index contributed by atoms with van der Waals surface area (Å²) >= 11 is 0. The van der Waals surface area contributed by atoms with Crippen LogP contribution in [0.4, 0.5) is 0 Å². The first-order chi connectivity index (χ1) is 22.4. The number of quaternary nitrogens is 2. The SMILES string of the molecule is C=C(C)C(=O)OC[C@H](NC(=O)[C@H](CCCC[NH3+])CC(=O)CNC(=O)CCC(=O)[C@H](CC(=O)O)NC(=O)[C@@H]([NH3+])COC(=O)C(=C)C)C(=O)[O-]. The first-order valence-corrected chi connectivity index (χ1v) is 15.0. The summed E-state index contributed by atoms with van der Waals surface area (Å²) in [6.07, 6.45) is -0.866. The standard InChI is InChI=1S/C30H45N5O13/c1-16(2)29(45)47-14-20(32)27(42)34-21(12-25(39)40)23(37)8-9-24(38)33-13-19(36)11-18(7-5-6-10-31)26(41)35-22(28(43)44)15-48-30(46)17(3)4/h18,20-22H,1,3,5-15,31-32H2,2,4H3,(H,33,38)(H,34,42)(H,35,41)(H,39,40)(H,43,44)/p+1/t18-,20+,21+,22+/m1/s1. The highest BCUT2D eigenvalue weighted by molar-refractivity contribution is 5.96. The van der Waals surface area contributed by atoms with Gasteiger partial charge in [-0.05, 0) is 33.1 Å². The van der Waals surface area contributed by atoms with Gasteiger partial charge < -0.3 is 51.9 Å². The molecule has 268 valence electrons. The van der Waals surface area contributed by atoms with E-state index in [4.69, 9.17) is 14.6 Å². The predicted octanol–water partition coefficient (Wildman–Crippen LogP) is -4.52. The number of rotatable bonds is 25. The lowest BCUT2D eigenvalue weighted by atomic mass is 9.94. The van der Waals surface area contributed by atoms with E-state index in [1.54, 1.807) is 0 Å². The van der Waals surface area contributed by atoms with E-state index in [9.17, 15) is 48.3 Å². The number of nitrogens with one attached hydrogen (secondary N) is 3. The van der Waals surface area contributed by atoms with Gasteiger partial charge in [0.05, 0.1) is 31.5 Å². The van der Waals surface area contributed by atoms with Crippen LogP contribution in [0.1, 0.15) is 58.8 Å². The van der Waals surface area contributed by atoms with Gasteiger partial charge in [0, 0.05) is 36.3 Å². The van der Waals surface area contributed by atoms with Crippen molar-refractivity contribution in [2.45, 2.75) is 76.9 Å². The maximum Gasteiger partial charge on any atom is 0.333 e. The first kappa shape index (κ1) is 43.0. The smallest absolute Gasteiger partial charge is 0.333 e. The highest BCUT2D eigenvalue weighted by Crippen LogP contribution is 2.14. The van der Waals surface area contributed by atoms with Crippen molar-refractivity contribution in [2.75, 3.05) is 26.3 Å². The number of carbonyl (C=O) groups is 9. The Morgan fingerprint density at radius 1 is 0.812 bits per heavy atom. The summed E-state index contributed by atoms with van der Waals surface area (Å²) in [7, 11) is 0. The molecule has 0 aliphatic heterocycles. The Bertz CT molecular complexity index is 1250. The lowest BCUT2D eigenvalue weighted by Gasteiger charge is -2.23. The third-order valence-corrected chi connectivity index (χ3v) is 6.53. The predicted molar refractivity (Wildman–Crippen MR) is 161 cm³/mol. The van der Waals surface area contributed by atoms with Gasteiger partial charge in [-0.15, -0.1) is 0 Å². The van der Waals surface area contributed by atoms with Crippen LogP contribution in [-0.2, 0) is 52.6 Å². The Kier molecular flexibility index (Phi) is 20.2. The minimum atomic E-state index is -1.72. The number of aliphatic carboxylic acids is 2. The molecule has 0 unspecified atom stereocenters. The Hall–Kier alpha value is -4.97. The molecule has 0 rings (SSSR count). The van der Waals surface area contributed by atoms with Gasteiger partial charge in [0.2, 0.25) is 11.8 Å². The molecule has 0 aromatic heterocycles. The zero-order valence-corrected chi connectivity index (χ0v) is 27.3. The number of ketones is 2. The molecule has 0 aromatic rings. The summed E-state index contributed by atoms with van der Waals surface area (Å²) in [5.41, 5.74) is 7.32. The van der Waals surface area contributed by atoms with Crippen LogP contribution in [0, 0.1) is 5.92 Å². The van der Waals surface area contributed by atoms with Gasteiger partial charge in [0.15, 0.2) is 24.2 Å². The molecule has 10 N–H and O–H groups in total. The number of ether oxygens (including phenoxy) is 2. The van der Waals surface area contributed by atoms with Crippen molar-refractivity contribution in [2.24, 2.45) is 5.92 Å². The van der Waals surface area contributed by atoms with E-state index < -0.39 is 116 Å². The van der Waals surface area contributed by atoms with E-state index in [2.05, 4.69) is 40.6 Å². The fraction of sp³-hybridized carbons (Fsp3) is 0.567. The number of Topliss-reactive ketones (excluding diaryl/α,β-unsaturated/α-hetero) is 2. The Balaban J connectivity index is 5.15. The zero-order valence-electron chi connectivity index (χ0n) is 27.3. The Morgan fingerprint density at radius 3 is 1.90 bits per heavy atom. The molecule has 48 heavy (non-hydrogen) atoms. The molecule has 0 saturated carbocycles. The Morgan fingerprint density at radius 2 is 1.38 bits per heavy atom. The number of carboxylic acids is 2. The summed E-state index contributed by atoms with van der Waals surface area (Å²) in [4.78, 5) is 109. The number of amides is 3. The molecule has 0 fully saturated rings. The number of hydrogen-bond donors (Lipinski definition) is 6. The lowest BCUT2D eigenvalue weighted by Crippen LogP contribution is -2.70. The quantitative estimate of drug-likeness (QED) is 0.0300. The van der Waals surface area contributed by atoms with Gasteiger partial charge in [-0.2, -0.15) is 0 Å². The van der Waals surface area contributed by atoms with Gasteiger partial charge in [-0.25, -0.2) is 9.59 Å². The average Bonchev–Trinajstić information content (AvgIpc) is 3.01. The molecule has 18 heteroatoms. The Labute approximate surface area is 277 Å². The van der Waals surface area contributed by atoms with Crippen LogP contribution >= 0.6 is 0 Å². The van der Waals surface area contributed by atoms with Crippen molar-refractivity contribution in [1.82, 2.24) is 16.0 Å². The van der Waals surface area contributed by atoms with Crippen LogP contribution < -0.4 is 32.5 Å². The van der Waals surface area contributed by atoms with Crippen molar-refractivity contribution in [1.29, 1.82) is 0 Å². The zero-order chi connectivity index (χ0) is 37.0. The maximum absolute atomic E-state index is 12.9. The molecule has 0 aliphatic rings. The summed E-state index contributed by atoms with van der Waals surface area (Å²) in [5, 5.41) is 27.4. The number of carbonyl (C=O) groups excluding carboxylic acids is 8. The summed E-state index contributed by atoms with van der Waals surface area (Å²) in [5.74, 6) is -9.59. The van der Waals surface area contributed by atoms with Crippen molar-refractivity contribution >= 4 is 53.2 Å². The van der Waals surface area contributed by atoms with Crippen molar-refractivity contribution < 1.29 is 74.3 Å². The fourth-order valence-corrected chi connectivity index (χ4v) is 3.76. The van der Waals surface area contributed by atoms with E-state index in [1.807, 2.05) is 0 Å². The topological polar surface area (TPSA) is 307 Å². The third-order valence-electron chi connectivity index (χ3n) is 6.53. The fourth-order valence-electron chi connectivity index (χ4n) is 3.76. The van der Waals surface area contributed by atoms with Crippen molar-refractivity contribution in [3.63, 3.8) is 0 Å². The summed E-state index contributed by atoms with van der Waals surface area (Å²) < 4.78 is 9.62. The first-order valence-electron chi connectivity index (χ1n) is 15.0. The summed E-state index contributed by atoms with van der Waals surface area (Å²) in [6, 6.07) is -4.39. The molecular weight excluding hydrogens is 638 g/mol. The molecule has 0 spiro atoms. The molecular formula is C30H46N5O13+. The summed E-state index contributed by atoms with van der Waals surface area (Å²) in [6.45, 7) is 8.33. The maximum atomic E-state index is 12.9. The van der Waals surface area contributed by atoms with Gasteiger partial charge >= 0.3 is 17.9 Å². The van der Waals surface area contributed by atoms with Crippen LogP contribution in [0.25, 0.3) is 0 Å². The minimum Gasteiger partial charge on any atom is -0.548 e. The van der Waals surface area contributed by atoms with Crippen molar-refractivity contribution in [3.8, 4) is 0 Å². The van der Waals surface area contributed by atoms with E-state index in [0.717, 1.165) is 0 Å². The van der Waals surface area contributed by atoms with Gasteiger partial charge in [0.25, 0.3) is 5.91 Å². The van der Waals surface area contributed by atoms with E-state index in [1.165, 1.54) is 13.8 Å². The second-order valence-corrected chi connectivity index (χ2v) is 11.0. The minimum absolute atomic E-state index is 0.0104. The highest BCUT2D eigenvalue weighted by Gasteiger charge is 2.29. The monoisotopic (exact) mass is 684 g/mol. The number of carboxylic acid groups (broad SMARTS) is 2. The average molecular weight is 685 g/mol. The molecule has 18 nitrogen and oxygen atoms in total. The number of esters is 2. The molecule has 0 aromatic carbocycles. The molecule has 4 atom stereocenters. The third kappa shape index (κ3) is 18.2. The van der Waals surface area contributed by atoms with E-state index in [0.29, 0.717) is 19.4 Å². The van der Waals surface area contributed by atoms with Gasteiger partial charge in [0.1, 0.15) is 12.6 Å². The highest BCUT2D eigenvalue weighted by atomic mass is 16.5. The van der Waals surface area contributed by atoms with Gasteiger partial charge in [-0.3, -0.25) is 28.8 Å².